The van der Waals surface area contributed by atoms with Crippen LogP contribution in [0.2, 0.25) is 0 Å². The summed E-state index contributed by atoms with van der Waals surface area (Å²) >= 11 is 0. The average molecular weight is 561 g/mol. The normalized spacial score (nSPS) is 21.5. The SMILES string of the molecule is CC(=O)N1CCNC(=O)[C@H](Cc2ccccc2)NC(=O)[C@H](C)N(C)C(=O)[C@H](Cc2c[nH]c3ccccc23)NC(=O)C1. The first-order chi connectivity index (χ1) is 19.6. The van der Waals surface area contributed by atoms with Gasteiger partial charge in [0.25, 0.3) is 0 Å². The van der Waals surface area contributed by atoms with Gasteiger partial charge in [-0.15, -0.1) is 0 Å². The van der Waals surface area contributed by atoms with Gasteiger partial charge in [0.1, 0.15) is 18.1 Å². The molecule has 11 nitrogen and oxygen atoms in total. The number of likely N-dealkylation sites (N-methyl/N-ethyl adjacent to an activating group) is 1. The second-order valence-electron chi connectivity index (χ2n) is 10.3. The van der Waals surface area contributed by atoms with Gasteiger partial charge in [0.15, 0.2) is 0 Å². The fourth-order valence-corrected chi connectivity index (χ4v) is 4.88. The number of carbonyl (C=O) groups is 5. The van der Waals surface area contributed by atoms with Gasteiger partial charge in [-0.1, -0.05) is 48.5 Å². The van der Waals surface area contributed by atoms with Crippen LogP contribution in [-0.4, -0.2) is 89.1 Å². The van der Waals surface area contributed by atoms with Crippen molar-refractivity contribution in [3.63, 3.8) is 0 Å². The van der Waals surface area contributed by atoms with Gasteiger partial charge in [0.2, 0.25) is 29.5 Å². The lowest BCUT2D eigenvalue weighted by Crippen LogP contribution is -2.57. The van der Waals surface area contributed by atoms with Crippen LogP contribution in [-0.2, 0) is 36.8 Å². The second kappa shape index (κ2) is 13.1. The van der Waals surface area contributed by atoms with E-state index in [0.29, 0.717) is 0 Å². The van der Waals surface area contributed by atoms with Crippen LogP contribution in [0, 0.1) is 0 Å². The summed E-state index contributed by atoms with van der Waals surface area (Å²) in [5, 5.41) is 9.26. The van der Waals surface area contributed by atoms with Crippen LogP contribution in [0.5, 0.6) is 0 Å². The molecule has 216 valence electrons. The molecule has 0 radical (unpaired) electrons. The van der Waals surface area contributed by atoms with E-state index in [-0.39, 0.29) is 38.4 Å². The smallest absolute Gasteiger partial charge is 0.245 e. The van der Waals surface area contributed by atoms with E-state index in [0.717, 1.165) is 22.0 Å². The van der Waals surface area contributed by atoms with Crippen molar-refractivity contribution in [1.29, 1.82) is 0 Å². The summed E-state index contributed by atoms with van der Waals surface area (Å²) in [7, 11) is 1.49. The number of amides is 5. The highest BCUT2D eigenvalue weighted by Crippen LogP contribution is 2.20. The molecule has 5 amide bonds. The van der Waals surface area contributed by atoms with E-state index < -0.39 is 41.8 Å². The summed E-state index contributed by atoms with van der Waals surface area (Å²) in [6, 6.07) is 14.1. The molecule has 1 aliphatic rings. The van der Waals surface area contributed by atoms with Crippen molar-refractivity contribution in [1.82, 2.24) is 30.7 Å². The van der Waals surface area contributed by atoms with E-state index in [1.165, 1.54) is 23.8 Å². The van der Waals surface area contributed by atoms with E-state index in [2.05, 4.69) is 20.9 Å². The predicted molar refractivity (Wildman–Crippen MR) is 154 cm³/mol. The maximum Gasteiger partial charge on any atom is 0.245 e. The lowest BCUT2D eigenvalue weighted by Gasteiger charge is -2.30. The van der Waals surface area contributed by atoms with Crippen molar-refractivity contribution in [2.24, 2.45) is 0 Å². The second-order valence-corrected chi connectivity index (χ2v) is 10.3. The third-order valence-electron chi connectivity index (χ3n) is 7.42. The standard InChI is InChI=1S/C30H36N6O5/c1-19-28(39)34-25(15-21-9-5-4-6-10-21)29(40)31-13-14-36(20(2)37)18-27(38)33-26(30(41)35(19)3)16-22-17-32-24-12-8-7-11-23(22)24/h4-12,17,19,25-26,32H,13-16,18H2,1-3H3,(H,31,40)(H,33,38)(H,34,39)/t19-,25-,26-/m0/s1. The van der Waals surface area contributed by atoms with Gasteiger partial charge in [-0.2, -0.15) is 0 Å². The molecule has 3 aromatic rings. The predicted octanol–water partition coefficient (Wildman–Crippen LogP) is 0.748. The van der Waals surface area contributed by atoms with Crippen LogP contribution in [0.25, 0.3) is 10.9 Å². The Kier molecular flexibility index (Phi) is 9.38. The number of nitrogens with zero attached hydrogens (tertiary/aromatic N) is 2. The first kappa shape index (κ1) is 29.3. The summed E-state index contributed by atoms with van der Waals surface area (Å²) in [5.74, 6) is -2.28. The minimum atomic E-state index is -0.999. The number of hydrogen-bond donors (Lipinski definition) is 4. The number of nitrogens with one attached hydrogen (secondary N) is 4. The number of benzene rings is 2. The molecule has 3 atom stereocenters. The molecule has 1 aromatic heterocycles. The van der Waals surface area contributed by atoms with Gasteiger partial charge in [0, 0.05) is 57.0 Å². The molecule has 1 aliphatic heterocycles. The quantitative estimate of drug-likeness (QED) is 0.372. The van der Waals surface area contributed by atoms with E-state index in [1.54, 1.807) is 13.1 Å². The molecule has 2 aromatic carbocycles. The van der Waals surface area contributed by atoms with Crippen molar-refractivity contribution >= 4 is 40.4 Å². The number of hydrogen-bond acceptors (Lipinski definition) is 5. The highest BCUT2D eigenvalue weighted by atomic mass is 16.2. The number of aromatic nitrogens is 1. The number of fused-ring (bicyclic) bond motifs is 1. The fourth-order valence-electron chi connectivity index (χ4n) is 4.88. The van der Waals surface area contributed by atoms with Gasteiger partial charge in [-0.3, -0.25) is 24.0 Å². The molecule has 4 N–H and O–H groups in total. The van der Waals surface area contributed by atoms with Crippen LogP contribution in [0.1, 0.15) is 25.0 Å². The van der Waals surface area contributed by atoms with Crippen LogP contribution < -0.4 is 16.0 Å². The Morgan fingerprint density at radius 1 is 0.902 bits per heavy atom. The zero-order valence-corrected chi connectivity index (χ0v) is 23.5. The Morgan fingerprint density at radius 2 is 1.61 bits per heavy atom. The fraction of sp³-hybridized carbons (Fsp3) is 0.367. The first-order valence-electron chi connectivity index (χ1n) is 13.6. The maximum absolute atomic E-state index is 13.8. The Bertz CT molecular complexity index is 1420. The summed E-state index contributed by atoms with van der Waals surface area (Å²) < 4.78 is 0. The molecule has 0 bridgehead atoms. The summed E-state index contributed by atoms with van der Waals surface area (Å²) in [6.07, 6.45) is 2.20. The van der Waals surface area contributed by atoms with E-state index >= 15 is 0 Å². The van der Waals surface area contributed by atoms with E-state index in [9.17, 15) is 24.0 Å². The Hall–Kier alpha value is -4.67. The molecular formula is C30H36N6O5. The lowest BCUT2D eigenvalue weighted by molar-refractivity contribution is -0.142. The molecule has 4 rings (SSSR count). The Labute approximate surface area is 238 Å². The average Bonchev–Trinajstić information content (AvgIpc) is 3.37. The van der Waals surface area contributed by atoms with Crippen molar-refractivity contribution in [2.45, 2.75) is 44.8 Å². The van der Waals surface area contributed by atoms with Crippen molar-refractivity contribution in [3.8, 4) is 0 Å². The van der Waals surface area contributed by atoms with Crippen LogP contribution >= 0.6 is 0 Å². The molecule has 41 heavy (non-hydrogen) atoms. The summed E-state index contributed by atoms with van der Waals surface area (Å²) in [5.41, 5.74) is 2.56. The molecule has 0 unspecified atom stereocenters. The van der Waals surface area contributed by atoms with Crippen LogP contribution in [0.4, 0.5) is 0 Å². The molecule has 0 spiro atoms. The Morgan fingerprint density at radius 3 is 2.34 bits per heavy atom. The highest BCUT2D eigenvalue weighted by Gasteiger charge is 2.33. The summed E-state index contributed by atoms with van der Waals surface area (Å²) in [4.78, 5) is 71.4. The van der Waals surface area contributed by atoms with Gasteiger partial charge in [0.05, 0.1) is 6.54 Å². The zero-order valence-electron chi connectivity index (χ0n) is 23.5. The third-order valence-corrected chi connectivity index (χ3v) is 7.42. The molecule has 11 heteroatoms. The van der Waals surface area contributed by atoms with Crippen LogP contribution in [0.3, 0.4) is 0 Å². The number of carbonyl (C=O) groups excluding carboxylic acids is 5. The van der Waals surface area contributed by atoms with Crippen LogP contribution in [0.15, 0.2) is 60.8 Å². The minimum Gasteiger partial charge on any atom is -0.361 e. The highest BCUT2D eigenvalue weighted by molar-refractivity contribution is 5.95. The number of aromatic amines is 1. The third kappa shape index (κ3) is 7.30. The monoisotopic (exact) mass is 560 g/mol. The molecule has 0 saturated carbocycles. The van der Waals surface area contributed by atoms with E-state index in [4.69, 9.17) is 0 Å². The molecular weight excluding hydrogens is 524 g/mol. The van der Waals surface area contributed by atoms with Gasteiger partial charge >= 0.3 is 0 Å². The minimum absolute atomic E-state index is 0.0812. The number of rotatable bonds is 4. The first-order valence-corrected chi connectivity index (χ1v) is 13.6. The summed E-state index contributed by atoms with van der Waals surface area (Å²) in [6.45, 7) is 2.79. The van der Waals surface area contributed by atoms with Crippen molar-refractivity contribution in [2.75, 3.05) is 26.7 Å². The Balaban J connectivity index is 1.63. The molecule has 1 fully saturated rings. The van der Waals surface area contributed by atoms with Crippen molar-refractivity contribution in [3.05, 3.63) is 71.9 Å². The zero-order chi connectivity index (χ0) is 29.5. The number of para-hydroxylation sites is 1. The van der Waals surface area contributed by atoms with E-state index in [1.807, 2.05) is 54.6 Å². The van der Waals surface area contributed by atoms with Gasteiger partial charge in [-0.25, -0.2) is 0 Å². The van der Waals surface area contributed by atoms with Crippen molar-refractivity contribution < 1.29 is 24.0 Å². The molecule has 2 heterocycles. The number of H-pyrrole nitrogens is 1. The maximum atomic E-state index is 13.8. The van der Waals surface area contributed by atoms with Gasteiger partial charge in [-0.05, 0) is 24.1 Å². The molecule has 0 aliphatic carbocycles. The largest absolute Gasteiger partial charge is 0.361 e. The lowest BCUT2D eigenvalue weighted by atomic mass is 10.0. The topological polar surface area (TPSA) is 144 Å². The van der Waals surface area contributed by atoms with Gasteiger partial charge < -0.3 is 30.7 Å². The molecule has 1 saturated heterocycles.